The second-order valence-electron chi connectivity index (χ2n) is 7.97. The van der Waals surface area contributed by atoms with Crippen LogP contribution in [0.2, 0.25) is 0 Å². The maximum absolute atomic E-state index is 12.6. The van der Waals surface area contributed by atoms with Crippen molar-refractivity contribution in [3.05, 3.63) is 34.9 Å². The Morgan fingerprint density at radius 2 is 2.22 bits per heavy atom. The number of carbonyl (C=O) groups is 1. The average Bonchev–Trinajstić information content (AvgIpc) is 2.65. The third-order valence-electron chi connectivity index (χ3n) is 5.35. The van der Waals surface area contributed by atoms with Gasteiger partial charge in [0.15, 0.2) is 0 Å². The van der Waals surface area contributed by atoms with E-state index in [-0.39, 0.29) is 5.91 Å². The molecule has 0 radical (unpaired) electrons. The van der Waals surface area contributed by atoms with Crippen LogP contribution >= 0.6 is 0 Å². The minimum atomic E-state index is -0.590. The van der Waals surface area contributed by atoms with Gasteiger partial charge in [-0.15, -0.1) is 0 Å². The van der Waals surface area contributed by atoms with Crippen LogP contribution in [-0.2, 0) is 24.3 Å². The molecular weight excluding hydrogens is 342 g/mol. The molecule has 148 valence electrons. The molecule has 7 heteroatoms. The van der Waals surface area contributed by atoms with Crippen molar-refractivity contribution in [2.75, 3.05) is 33.2 Å². The Hall–Kier alpha value is -1.83. The highest BCUT2D eigenvalue weighted by Crippen LogP contribution is 2.18. The van der Waals surface area contributed by atoms with Gasteiger partial charge in [0.25, 0.3) is 0 Å². The summed E-state index contributed by atoms with van der Waals surface area (Å²) in [5.41, 5.74) is 3.51. The molecule has 0 bridgehead atoms. The van der Waals surface area contributed by atoms with Crippen molar-refractivity contribution in [2.24, 2.45) is 5.92 Å². The van der Waals surface area contributed by atoms with Gasteiger partial charge in [-0.3, -0.25) is 9.69 Å². The number of carbonyl (C=O) groups excluding carboxylic acids is 1. The summed E-state index contributed by atoms with van der Waals surface area (Å²) >= 11 is 0. The number of aliphatic hydroxyl groups is 1. The van der Waals surface area contributed by atoms with Crippen LogP contribution < -0.4 is 5.32 Å². The fraction of sp³-hybridized carbons (Fsp3) is 0.650. The van der Waals surface area contributed by atoms with Crippen LogP contribution in [0.25, 0.3) is 0 Å². The molecule has 0 saturated carbocycles. The standard InChI is InChI=1S/C20H31N5O2/c1-14(2)4-8-25-9-6-18(26)16(13-25)20(27)22-11-19-21-10-15-12-24(3)7-5-17(15)23-19/h4,10,16,18,26H,5-9,11-13H2,1-3H3,(H,22,27)/t16-,18+/m0/s1. The van der Waals surface area contributed by atoms with Gasteiger partial charge in [0.2, 0.25) is 5.91 Å². The number of hydrogen-bond donors (Lipinski definition) is 2. The number of rotatable bonds is 5. The molecule has 1 amide bonds. The summed E-state index contributed by atoms with van der Waals surface area (Å²) < 4.78 is 0. The van der Waals surface area contributed by atoms with Crippen molar-refractivity contribution < 1.29 is 9.90 Å². The van der Waals surface area contributed by atoms with E-state index in [1.165, 1.54) is 5.57 Å². The van der Waals surface area contributed by atoms with Gasteiger partial charge in [-0.05, 0) is 27.3 Å². The molecule has 7 nitrogen and oxygen atoms in total. The molecule has 1 saturated heterocycles. The quantitative estimate of drug-likeness (QED) is 0.741. The number of aromatic nitrogens is 2. The molecule has 0 spiro atoms. The van der Waals surface area contributed by atoms with E-state index in [4.69, 9.17) is 0 Å². The molecule has 0 aromatic carbocycles. The number of likely N-dealkylation sites (N-methyl/N-ethyl adjacent to an activating group) is 1. The van der Waals surface area contributed by atoms with E-state index < -0.39 is 12.0 Å². The number of nitrogens with one attached hydrogen (secondary N) is 1. The van der Waals surface area contributed by atoms with Crippen molar-refractivity contribution >= 4 is 5.91 Å². The predicted molar refractivity (Wildman–Crippen MR) is 104 cm³/mol. The molecule has 2 N–H and O–H groups in total. The molecule has 1 aromatic rings. The summed E-state index contributed by atoms with van der Waals surface area (Å²) in [4.78, 5) is 26.1. The molecule has 2 atom stereocenters. The third kappa shape index (κ3) is 5.34. The van der Waals surface area contributed by atoms with Gasteiger partial charge in [-0.25, -0.2) is 9.97 Å². The first-order valence-corrected chi connectivity index (χ1v) is 9.76. The number of piperidine rings is 1. The van der Waals surface area contributed by atoms with Gasteiger partial charge in [0, 0.05) is 56.6 Å². The highest BCUT2D eigenvalue weighted by molar-refractivity contribution is 5.79. The second-order valence-corrected chi connectivity index (χ2v) is 7.97. The summed E-state index contributed by atoms with van der Waals surface area (Å²) in [6, 6.07) is 0. The third-order valence-corrected chi connectivity index (χ3v) is 5.35. The highest BCUT2D eigenvalue weighted by atomic mass is 16.3. The van der Waals surface area contributed by atoms with Crippen LogP contribution in [0.4, 0.5) is 0 Å². The second kappa shape index (κ2) is 8.91. The number of aliphatic hydroxyl groups excluding tert-OH is 1. The normalized spacial score (nSPS) is 23.6. The Morgan fingerprint density at radius 1 is 1.41 bits per heavy atom. The number of allylic oxidation sites excluding steroid dienone is 1. The summed E-state index contributed by atoms with van der Waals surface area (Å²) in [6.45, 7) is 8.52. The molecule has 3 rings (SSSR count). The van der Waals surface area contributed by atoms with Crippen molar-refractivity contribution in [3.8, 4) is 0 Å². The number of likely N-dealkylation sites (tertiary alicyclic amines) is 1. The molecule has 0 unspecified atom stereocenters. The fourth-order valence-electron chi connectivity index (χ4n) is 3.62. The zero-order valence-electron chi connectivity index (χ0n) is 16.6. The van der Waals surface area contributed by atoms with Crippen molar-refractivity contribution in [1.82, 2.24) is 25.1 Å². The molecule has 0 aliphatic carbocycles. The number of nitrogens with zero attached hydrogens (tertiary/aromatic N) is 4. The average molecular weight is 374 g/mol. The van der Waals surface area contributed by atoms with E-state index in [0.29, 0.717) is 25.3 Å². The van der Waals surface area contributed by atoms with Gasteiger partial charge in [-0.2, -0.15) is 0 Å². The summed E-state index contributed by atoms with van der Waals surface area (Å²) in [6.07, 6.45) is 4.97. The number of hydrogen-bond acceptors (Lipinski definition) is 6. The van der Waals surface area contributed by atoms with E-state index in [0.717, 1.165) is 43.9 Å². The number of fused-ring (bicyclic) bond motifs is 1. The summed E-state index contributed by atoms with van der Waals surface area (Å²) in [7, 11) is 2.09. The van der Waals surface area contributed by atoms with Gasteiger partial charge in [-0.1, -0.05) is 11.6 Å². The van der Waals surface area contributed by atoms with E-state index in [9.17, 15) is 9.90 Å². The maximum Gasteiger partial charge on any atom is 0.227 e. The fourth-order valence-corrected chi connectivity index (χ4v) is 3.62. The molecule has 2 aliphatic rings. The minimum Gasteiger partial charge on any atom is -0.392 e. The lowest BCUT2D eigenvalue weighted by Gasteiger charge is -2.34. The van der Waals surface area contributed by atoms with E-state index in [2.05, 4.69) is 52.1 Å². The van der Waals surface area contributed by atoms with Gasteiger partial charge in [0.1, 0.15) is 5.82 Å². The Labute approximate surface area is 161 Å². The van der Waals surface area contributed by atoms with Crippen LogP contribution in [0, 0.1) is 5.92 Å². The summed E-state index contributed by atoms with van der Waals surface area (Å²) in [5, 5.41) is 13.2. The SMILES string of the molecule is CC(C)=CCN1CC[C@@H](O)[C@@H](C(=O)NCc2ncc3c(n2)CCN(C)C3)C1. The Morgan fingerprint density at radius 3 is 3.00 bits per heavy atom. The largest absolute Gasteiger partial charge is 0.392 e. The smallest absolute Gasteiger partial charge is 0.227 e. The lowest BCUT2D eigenvalue weighted by Crippen LogP contribution is -2.49. The molecule has 3 heterocycles. The zero-order valence-corrected chi connectivity index (χ0v) is 16.6. The van der Waals surface area contributed by atoms with Gasteiger partial charge >= 0.3 is 0 Å². The molecule has 27 heavy (non-hydrogen) atoms. The minimum absolute atomic E-state index is 0.120. The monoisotopic (exact) mass is 373 g/mol. The van der Waals surface area contributed by atoms with E-state index in [1.807, 2.05) is 6.20 Å². The first kappa shape index (κ1) is 19.9. The first-order valence-electron chi connectivity index (χ1n) is 9.76. The zero-order chi connectivity index (χ0) is 19.4. The highest BCUT2D eigenvalue weighted by Gasteiger charge is 2.32. The first-order chi connectivity index (χ1) is 12.9. The van der Waals surface area contributed by atoms with Gasteiger partial charge < -0.3 is 15.3 Å². The predicted octanol–water partition coefficient (Wildman–Crippen LogP) is 0.730. The topological polar surface area (TPSA) is 81.6 Å². The molecule has 1 aromatic heterocycles. The van der Waals surface area contributed by atoms with Crippen LogP contribution in [0.5, 0.6) is 0 Å². The van der Waals surface area contributed by atoms with Crippen LogP contribution in [0.15, 0.2) is 17.8 Å². The van der Waals surface area contributed by atoms with E-state index >= 15 is 0 Å². The van der Waals surface area contributed by atoms with Crippen molar-refractivity contribution in [2.45, 2.75) is 45.9 Å². The molecule has 1 fully saturated rings. The Bertz CT molecular complexity index is 702. The van der Waals surface area contributed by atoms with Crippen LogP contribution in [0.3, 0.4) is 0 Å². The maximum atomic E-state index is 12.6. The van der Waals surface area contributed by atoms with Gasteiger partial charge in [0.05, 0.1) is 18.6 Å². The lowest BCUT2D eigenvalue weighted by atomic mass is 9.93. The lowest BCUT2D eigenvalue weighted by molar-refractivity contribution is -0.131. The van der Waals surface area contributed by atoms with Crippen molar-refractivity contribution in [3.63, 3.8) is 0 Å². The summed E-state index contributed by atoms with van der Waals surface area (Å²) in [5.74, 6) is 0.111. The van der Waals surface area contributed by atoms with Crippen LogP contribution in [0.1, 0.15) is 37.4 Å². The Kier molecular flexibility index (Phi) is 6.57. The van der Waals surface area contributed by atoms with Crippen molar-refractivity contribution in [1.29, 1.82) is 0 Å². The molecular formula is C20H31N5O2. The molecule has 2 aliphatic heterocycles. The number of amides is 1. The van der Waals surface area contributed by atoms with Crippen LogP contribution in [-0.4, -0.2) is 70.1 Å². The Balaban J connectivity index is 1.55. The van der Waals surface area contributed by atoms with E-state index in [1.54, 1.807) is 0 Å².